The molecule has 136 valence electrons. The summed E-state index contributed by atoms with van der Waals surface area (Å²) in [6, 6.07) is 8.98. The molecule has 1 atom stereocenters. The van der Waals surface area contributed by atoms with Gasteiger partial charge in [0.1, 0.15) is 6.04 Å². The van der Waals surface area contributed by atoms with E-state index in [4.69, 9.17) is 0 Å². The molecule has 0 N–H and O–H groups in total. The molecule has 1 fully saturated rings. The van der Waals surface area contributed by atoms with Gasteiger partial charge in [-0.1, -0.05) is 25.0 Å². The molecular weight excluding hydrogens is 328 g/mol. The van der Waals surface area contributed by atoms with Crippen LogP contribution in [0, 0.1) is 6.92 Å². The third-order valence-electron chi connectivity index (χ3n) is 5.33. The molecule has 3 aromatic rings. The van der Waals surface area contributed by atoms with Crippen LogP contribution < -0.4 is 5.56 Å². The number of nitrogens with zero attached hydrogens (tertiary/aromatic N) is 4. The van der Waals surface area contributed by atoms with Gasteiger partial charge in [-0.2, -0.15) is 4.98 Å². The predicted octanol–water partition coefficient (Wildman–Crippen LogP) is 2.92. The number of benzene rings is 1. The zero-order valence-electron chi connectivity index (χ0n) is 15.3. The normalized spacial score (nSPS) is 16.8. The number of carbonyl (C=O) groups excluding carboxylic acids is 1. The van der Waals surface area contributed by atoms with Crippen LogP contribution in [0.1, 0.15) is 44.3 Å². The lowest BCUT2D eigenvalue weighted by Crippen LogP contribution is -2.38. The molecule has 1 aromatic carbocycles. The van der Waals surface area contributed by atoms with Crippen molar-refractivity contribution in [3.63, 3.8) is 0 Å². The standard InChI is InChI=1S/C20H24N4O2/c1-14-13-18(25)21-19-16-9-5-6-10-17(16)24(23(14)19)15(2)20(26)22-11-7-3-4-8-12-22/h5-6,9-10,13,15H,3-4,7-8,11-12H2,1-2H3. The van der Waals surface area contributed by atoms with E-state index in [0.717, 1.165) is 42.5 Å². The molecule has 1 saturated heterocycles. The zero-order valence-corrected chi connectivity index (χ0v) is 15.3. The number of amides is 1. The molecule has 4 rings (SSSR count). The molecule has 6 heteroatoms. The van der Waals surface area contributed by atoms with E-state index in [-0.39, 0.29) is 17.5 Å². The minimum Gasteiger partial charge on any atom is -0.341 e. The molecule has 2 aromatic heterocycles. The van der Waals surface area contributed by atoms with Gasteiger partial charge in [0.05, 0.1) is 5.52 Å². The monoisotopic (exact) mass is 352 g/mol. The van der Waals surface area contributed by atoms with Crippen molar-refractivity contribution in [1.29, 1.82) is 0 Å². The summed E-state index contributed by atoms with van der Waals surface area (Å²) < 4.78 is 3.89. The summed E-state index contributed by atoms with van der Waals surface area (Å²) in [5.74, 6) is 0.132. The highest BCUT2D eigenvalue weighted by atomic mass is 16.2. The molecule has 26 heavy (non-hydrogen) atoms. The number of likely N-dealkylation sites (tertiary alicyclic amines) is 1. The lowest BCUT2D eigenvalue weighted by molar-refractivity contribution is -0.134. The molecule has 0 spiro atoms. The SMILES string of the molecule is Cc1cc(=O)nc2c3ccccc3n(C(C)C(=O)N3CCCCCC3)n12. The maximum atomic E-state index is 13.2. The summed E-state index contributed by atoms with van der Waals surface area (Å²) in [5, 5.41) is 0.892. The highest BCUT2D eigenvalue weighted by molar-refractivity contribution is 5.94. The highest BCUT2D eigenvalue weighted by Gasteiger charge is 2.26. The number of hydrogen-bond donors (Lipinski definition) is 0. The van der Waals surface area contributed by atoms with Crippen LogP contribution in [0.15, 0.2) is 35.1 Å². The summed E-state index contributed by atoms with van der Waals surface area (Å²) in [7, 11) is 0. The van der Waals surface area contributed by atoms with Gasteiger partial charge < -0.3 is 4.90 Å². The van der Waals surface area contributed by atoms with Crippen LogP contribution >= 0.6 is 0 Å². The molecule has 0 radical (unpaired) electrons. The zero-order chi connectivity index (χ0) is 18.3. The van der Waals surface area contributed by atoms with Crippen LogP contribution in [0.5, 0.6) is 0 Å². The van der Waals surface area contributed by atoms with E-state index in [0.29, 0.717) is 5.65 Å². The van der Waals surface area contributed by atoms with Gasteiger partial charge in [-0.3, -0.25) is 14.3 Å². The van der Waals surface area contributed by atoms with Gasteiger partial charge in [0.15, 0.2) is 5.65 Å². The van der Waals surface area contributed by atoms with E-state index in [9.17, 15) is 9.59 Å². The number of fused-ring (bicyclic) bond motifs is 3. The van der Waals surface area contributed by atoms with E-state index in [1.165, 1.54) is 18.9 Å². The van der Waals surface area contributed by atoms with Crippen molar-refractivity contribution in [3.8, 4) is 0 Å². The smallest absolute Gasteiger partial charge is 0.273 e. The van der Waals surface area contributed by atoms with Crippen molar-refractivity contribution in [1.82, 2.24) is 19.1 Å². The molecule has 1 unspecified atom stereocenters. The molecule has 6 nitrogen and oxygen atoms in total. The Bertz CT molecular complexity index is 1030. The van der Waals surface area contributed by atoms with Gasteiger partial charge >= 0.3 is 0 Å². The Labute approximate surface area is 152 Å². The Morgan fingerprint density at radius 1 is 1.12 bits per heavy atom. The minimum absolute atomic E-state index is 0.132. The molecular formula is C20H24N4O2. The molecule has 1 aliphatic rings. The van der Waals surface area contributed by atoms with Crippen LogP contribution in [0.25, 0.3) is 16.6 Å². The van der Waals surface area contributed by atoms with Crippen LogP contribution in [-0.4, -0.2) is 38.1 Å². The second kappa shape index (κ2) is 6.59. The Morgan fingerprint density at radius 3 is 2.54 bits per heavy atom. The molecule has 1 amide bonds. The van der Waals surface area contributed by atoms with Crippen molar-refractivity contribution in [3.05, 3.63) is 46.4 Å². The molecule has 0 bridgehead atoms. The van der Waals surface area contributed by atoms with Crippen LogP contribution in [0.4, 0.5) is 0 Å². The molecule has 0 saturated carbocycles. The fourth-order valence-corrected chi connectivity index (χ4v) is 4.05. The van der Waals surface area contributed by atoms with E-state index in [2.05, 4.69) is 4.98 Å². The quantitative estimate of drug-likeness (QED) is 0.712. The van der Waals surface area contributed by atoms with Crippen molar-refractivity contribution in [2.45, 2.75) is 45.6 Å². The van der Waals surface area contributed by atoms with Gasteiger partial charge in [-0.05, 0) is 38.8 Å². The van der Waals surface area contributed by atoms with Gasteiger partial charge in [0.25, 0.3) is 5.56 Å². The molecule has 1 aliphatic heterocycles. The second-order valence-electron chi connectivity index (χ2n) is 7.15. The first kappa shape index (κ1) is 16.8. The number of aromatic nitrogens is 3. The van der Waals surface area contributed by atoms with Crippen molar-refractivity contribution >= 4 is 22.5 Å². The Hall–Kier alpha value is -2.63. The van der Waals surface area contributed by atoms with Gasteiger partial charge in [-0.15, -0.1) is 0 Å². The number of rotatable bonds is 2. The number of carbonyl (C=O) groups is 1. The fraction of sp³-hybridized carbons (Fsp3) is 0.450. The summed E-state index contributed by atoms with van der Waals surface area (Å²) >= 11 is 0. The first-order chi connectivity index (χ1) is 12.6. The fourth-order valence-electron chi connectivity index (χ4n) is 4.05. The molecule has 0 aliphatic carbocycles. The first-order valence-electron chi connectivity index (χ1n) is 9.36. The van der Waals surface area contributed by atoms with Gasteiger partial charge in [0.2, 0.25) is 5.91 Å². The van der Waals surface area contributed by atoms with Crippen molar-refractivity contribution in [2.75, 3.05) is 13.1 Å². The van der Waals surface area contributed by atoms with E-state index in [1.54, 1.807) is 0 Å². The number of aryl methyl sites for hydroxylation is 1. The number of para-hydroxylation sites is 1. The Kier molecular flexibility index (Phi) is 4.26. The van der Waals surface area contributed by atoms with Crippen LogP contribution in [0.3, 0.4) is 0 Å². The third kappa shape index (κ3) is 2.69. The van der Waals surface area contributed by atoms with Crippen LogP contribution in [0.2, 0.25) is 0 Å². The maximum absolute atomic E-state index is 13.2. The van der Waals surface area contributed by atoms with Crippen molar-refractivity contribution < 1.29 is 4.79 Å². The highest BCUT2D eigenvalue weighted by Crippen LogP contribution is 2.26. The minimum atomic E-state index is -0.362. The Morgan fingerprint density at radius 2 is 1.81 bits per heavy atom. The lowest BCUT2D eigenvalue weighted by atomic mass is 10.2. The second-order valence-corrected chi connectivity index (χ2v) is 7.15. The maximum Gasteiger partial charge on any atom is 0.273 e. The topological polar surface area (TPSA) is 59.6 Å². The largest absolute Gasteiger partial charge is 0.341 e. The summed E-state index contributed by atoms with van der Waals surface area (Å²) in [5.41, 5.74) is 2.06. The first-order valence-corrected chi connectivity index (χ1v) is 9.36. The average Bonchev–Trinajstić information content (AvgIpc) is 2.79. The summed E-state index contributed by atoms with van der Waals surface area (Å²) in [6.07, 6.45) is 4.52. The summed E-state index contributed by atoms with van der Waals surface area (Å²) in [4.78, 5) is 31.4. The summed E-state index contributed by atoms with van der Waals surface area (Å²) in [6.45, 7) is 5.48. The van der Waals surface area contributed by atoms with E-state index in [1.807, 2.05) is 52.2 Å². The van der Waals surface area contributed by atoms with Crippen molar-refractivity contribution in [2.24, 2.45) is 0 Å². The van der Waals surface area contributed by atoms with Gasteiger partial charge in [-0.25, -0.2) is 4.52 Å². The van der Waals surface area contributed by atoms with E-state index >= 15 is 0 Å². The van der Waals surface area contributed by atoms with E-state index < -0.39 is 0 Å². The Balaban J connectivity index is 1.89. The molecule has 3 heterocycles. The average molecular weight is 352 g/mol. The predicted molar refractivity (Wildman–Crippen MR) is 101 cm³/mol. The lowest BCUT2D eigenvalue weighted by Gasteiger charge is -2.26. The number of hydrogen-bond acceptors (Lipinski definition) is 3. The third-order valence-corrected chi connectivity index (χ3v) is 5.33. The van der Waals surface area contributed by atoms with Gasteiger partial charge in [0, 0.05) is 30.2 Å². The van der Waals surface area contributed by atoms with Crippen LogP contribution in [-0.2, 0) is 4.79 Å².